The minimum absolute atomic E-state index is 0.0227. The second-order valence-electron chi connectivity index (χ2n) is 5.42. The maximum absolute atomic E-state index is 11.0. The summed E-state index contributed by atoms with van der Waals surface area (Å²) >= 11 is 0. The molecule has 20 heavy (non-hydrogen) atoms. The maximum atomic E-state index is 11.0. The van der Waals surface area contributed by atoms with Gasteiger partial charge in [0.15, 0.2) is 0 Å². The highest BCUT2D eigenvalue weighted by molar-refractivity contribution is 5.73. The average molecular weight is 276 g/mol. The summed E-state index contributed by atoms with van der Waals surface area (Å²) in [4.78, 5) is 17.8. The summed E-state index contributed by atoms with van der Waals surface area (Å²) in [5.41, 5.74) is 8.06. The van der Waals surface area contributed by atoms with Crippen LogP contribution in [0.1, 0.15) is 44.8 Å². The van der Waals surface area contributed by atoms with Gasteiger partial charge in [0.25, 0.3) is 0 Å². The summed E-state index contributed by atoms with van der Waals surface area (Å²) in [6.07, 6.45) is 4.77. The number of piperidine rings is 1. The highest BCUT2D eigenvalue weighted by Gasteiger charge is 2.20. The van der Waals surface area contributed by atoms with Crippen molar-refractivity contribution in [3.63, 3.8) is 0 Å². The van der Waals surface area contributed by atoms with E-state index in [1.165, 1.54) is 0 Å². The molecular formula is C15H24N4O. The third kappa shape index (κ3) is 3.70. The second kappa shape index (κ2) is 6.70. The Morgan fingerprint density at radius 3 is 2.70 bits per heavy atom. The Morgan fingerprint density at radius 2 is 2.20 bits per heavy atom. The predicted molar refractivity (Wildman–Crippen MR) is 80.5 cm³/mol. The van der Waals surface area contributed by atoms with Gasteiger partial charge in [-0.2, -0.15) is 0 Å². The van der Waals surface area contributed by atoms with E-state index < -0.39 is 0 Å². The maximum Gasteiger partial charge on any atom is 0.217 e. The summed E-state index contributed by atoms with van der Waals surface area (Å²) < 4.78 is 0. The molecule has 5 nitrogen and oxygen atoms in total. The molecule has 1 atom stereocenters. The van der Waals surface area contributed by atoms with Crippen molar-refractivity contribution in [2.24, 2.45) is 5.73 Å². The lowest BCUT2D eigenvalue weighted by atomic mass is 10.0. The van der Waals surface area contributed by atoms with E-state index in [1.54, 1.807) is 6.92 Å². The smallest absolute Gasteiger partial charge is 0.217 e. The molecule has 0 aromatic carbocycles. The van der Waals surface area contributed by atoms with Crippen molar-refractivity contribution in [3.8, 4) is 0 Å². The van der Waals surface area contributed by atoms with E-state index in [0.717, 1.165) is 43.7 Å². The van der Waals surface area contributed by atoms with Crippen molar-refractivity contribution in [3.05, 3.63) is 24.0 Å². The first-order valence-electron chi connectivity index (χ1n) is 7.33. The van der Waals surface area contributed by atoms with Crippen molar-refractivity contribution < 1.29 is 4.79 Å². The Labute approximate surface area is 120 Å². The third-order valence-electron chi connectivity index (χ3n) is 3.86. The lowest BCUT2D eigenvalue weighted by Crippen LogP contribution is -2.44. The van der Waals surface area contributed by atoms with Gasteiger partial charge in [0.1, 0.15) is 0 Å². The van der Waals surface area contributed by atoms with Crippen molar-refractivity contribution in [2.75, 3.05) is 18.0 Å². The molecule has 1 aliphatic heterocycles. The van der Waals surface area contributed by atoms with Gasteiger partial charge in [-0.3, -0.25) is 9.78 Å². The van der Waals surface area contributed by atoms with E-state index in [-0.39, 0.29) is 11.9 Å². The van der Waals surface area contributed by atoms with Crippen LogP contribution >= 0.6 is 0 Å². The molecule has 1 aliphatic rings. The SMILES string of the molecule is CCC(N)c1ccc(N2CCC(NC(C)=O)CC2)cn1. The van der Waals surface area contributed by atoms with Crippen LogP contribution in [-0.4, -0.2) is 30.0 Å². The summed E-state index contributed by atoms with van der Waals surface area (Å²) in [7, 11) is 0. The Bertz CT molecular complexity index is 438. The van der Waals surface area contributed by atoms with Crippen molar-refractivity contribution in [1.82, 2.24) is 10.3 Å². The minimum Gasteiger partial charge on any atom is -0.370 e. The molecule has 2 heterocycles. The quantitative estimate of drug-likeness (QED) is 0.876. The number of hydrogen-bond donors (Lipinski definition) is 2. The Hall–Kier alpha value is -1.62. The second-order valence-corrected chi connectivity index (χ2v) is 5.42. The Balaban J connectivity index is 1.92. The number of nitrogens with zero attached hydrogens (tertiary/aromatic N) is 2. The molecule has 0 aliphatic carbocycles. The van der Waals surface area contributed by atoms with Crippen LogP contribution in [0.4, 0.5) is 5.69 Å². The largest absolute Gasteiger partial charge is 0.370 e. The molecule has 1 fully saturated rings. The van der Waals surface area contributed by atoms with Crippen LogP contribution in [0.2, 0.25) is 0 Å². The molecule has 1 amide bonds. The molecule has 1 saturated heterocycles. The van der Waals surface area contributed by atoms with Gasteiger partial charge < -0.3 is 16.0 Å². The number of amides is 1. The number of carbonyl (C=O) groups is 1. The predicted octanol–water partition coefficient (Wildman–Crippen LogP) is 1.60. The van der Waals surface area contributed by atoms with E-state index >= 15 is 0 Å². The highest BCUT2D eigenvalue weighted by Crippen LogP contribution is 2.21. The fourth-order valence-electron chi connectivity index (χ4n) is 2.58. The first-order chi connectivity index (χ1) is 9.60. The lowest BCUT2D eigenvalue weighted by molar-refractivity contribution is -0.119. The number of pyridine rings is 1. The first kappa shape index (κ1) is 14.8. The Morgan fingerprint density at radius 1 is 1.50 bits per heavy atom. The van der Waals surface area contributed by atoms with E-state index in [0.29, 0.717) is 6.04 Å². The molecule has 1 unspecified atom stereocenters. The molecule has 1 aromatic heterocycles. The molecule has 0 saturated carbocycles. The molecule has 0 bridgehead atoms. The van der Waals surface area contributed by atoms with Gasteiger partial charge >= 0.3 is 0 Å². The van der Waals surface area contributed by atoms with Gasteiger partial charge in [0.05, 0.1) is 17.6 Å². The van der Waals surface area contributed by atoms with Crippen molar-refractivity contribution in [1.29, 1.82) is 0 Å². The van der Waals surface area contributed by atoms with E-state index in [2.05, 4.69) is 28.2 Å². The van der Waals surface area contributed by atoms with Crippen molar-refractivity contribution in [2.45, 2.75) is 45.2 Å². The molecule has 110 valence electrons. The zero-order chi connectivity index (χ0) is 14.5. The normalized spacial score (nSPS) is 17.9. The molecule has 0 radical (unpaired) electrons. The van der Waals surface area contributed by atoms with E-state index in [1.807, 2.05) is 12.3 Å². The zero-order valence-corrected chi connectivity index (χ0v) is 12.3. The van der Waals surface area contributed by atoms with Crippen LogP contribution in [0.15, 0.2) is 18.3 Å². The summed E-state index contributed by atoms with van der Waals surface area (Å²) in [6.45, 7) is 5.54. The number of carbonyl (C=O) groups excluding carboxylic acids is 1. The topological polar surface area (TPSA) is 71.2 Å². The van der Waals surface area contributed by atoms with Crippen LogP contribution in [0, 0.1) is 0 Å². The fraction of sp³-hybridized carbons (Fsp3) is 0.600. The molecule has 5 heteroatoms. The van der Waals surface area contributed by atoms with Crippen LogP contribution in [0.5, 0.6) is 0 Å². The Kier molecular flexibility index (Phi) is 4.95. The zero-order valence-electron chi connectivity index (χ0n) is 12.3. The summed E-state index contributed by atoms with van der Waals surface area (Å²) in [5, 5.41) is 2.99. The van der Waals surface area contributed by atoms with Gasteiger partial charge in [-0.05, 0) is 31.4 Å². The number of nitrogens with two attached hydrogens (primary N) is 1. The summed E-state index contributed by atoms with van der Waals surface area (Å²) in [6, 6.07) is 4.44. The van der Waals surface area contributed by atoms with Gasteiger partial charge in [-0.1, -0.05) is 6.92 Å². The minimum atomic E-state index is 0.0227. The van der Waals surface area contributed by atoms with Crippen molar-refractivity contribution >= 4 is 11.6 Å². The molecule has 1 aromatic rings. The highest BCUT2D eigenvalue weighted by atomic mass is 16.1. The van der Waals surface area contributed by atoms with Gasteiger partial charge in [-0.15, -0.1) is 0 Å². The number of rotatable bonds is 4. The van der Waals surface area contributed by atoms with Gasteiger partial charge in [-0.25, -0.2) is 0 Å². The van der Waals surface area contributed by atoms with Crippen LogP contribution in [0.3, 0.4) is 0 Å². The fourth-order valence-corrected chi connectivity index (χ4v) is 2.58. The number of nitrogens with one attached hydrogen (secondary N) is 1. The van der Waals surface area contributed by atoms with Crippen LogP contribution in [-0.2, 0) is 4.79 Å². The number of anilines is 1. The van der Waals surface area contributed by atoms with Gasteiger partial charge in [0, 0.05) is 32.1 Å². The molecule has 0 spiro atoms. The van der Waals surface area contributed by atoms with Crippen LogP contribution in [0.25, 0.3) is 0 Å². The van der Waals surface area contributed by atoms with Gasteiger partial charge in [0.2, 0.25) is 5.91 Å². The third-order valence-corrected chi connectivity index (χ3v) is 3.86. The standard InChI is InChI=1S/C15H24N4O/c1-3-14(16)15-5-4-13(10-17-15)19-8-6-12(7-9-19)18-11(2)20/h4-5,10,12,14H,3,6-9,16H2,1-2H3,(H,18,20). The first-order valence-corrected chi connectivity index (χ1v) is 7.33. The molecular weight excluding hydrogens is 252 g/mol. The lowest BCUT2D eigenvalue weighted by Gasteiger charge is -2.33. The number of hydrogen-bond acceptors (Lipinski definition) is 4. The summed E-state index contributed by atoms with van der Waals surface area (Å²) in [5.74, 6) is 0.0584. The molecule has 3 N–H and O–H groups in total. The van der Waals surface area contributed by atoms with Crippen LogP contribution < -0.4 is 16.0 Å². The van der Waals surface area contributed by atoms with E-state index in [4.69, 9.17) is 5.73 Å². The molecule has 2 rings (SSSR count). The average Bonchev–Trinajstić information content (AvgIpc) is 2.47. The van der Waals surface area contributed by atoms with E-state index in [9.17, 15) is 4.79 Å². The number of aromatic nitrogens is 1. The monoisotopic (exact) mass is 276 g/mol.